The summed E-state index contributed by atoms with van der Waals surface area (Å²) in [5, 5.41) is 0. The number of carbonyl (C=O) groups excluding carboxylic acids is 3. The maximum Gasteiger partial charge on any atom is 0.310 e. The van der Waals surface area contributed by atoms with Gasteiger partial charge in [0.1, 0.15) is 17.7 Å². The topological polar surface area (TPSA) is 60.4 Å². The molecule has 0 aromatic heterocycles. The minimum Gasteiger partial charge on any atom is -0.461 e. The zero-order valence-electron chi connectivity index (χ0n) is 14.8. The molecule has 24 heavy (non-hydrogen) atoms. The molecule has 1 unspecified atom stereocenters. The summed E-state index contributed by atoms with van der Waals surface area (Å²) in [6, 6.07) is 0. The van der Waals surface area contributed by atoms with Crippen molar-refractivity contribution in [3.63, 3.8) is 0 Å². The van der Waals surface area contributed by atoms with E-state index in [1.54, 1.807) is 0 Å². The lowest BCUT2D eigenvalue weighted by atomic mass is 9.58. The van der Waals surface area contributed by atoms with Gasteiger partial charge in [-0.1, -0.05) is 39.8 Å². The molecule has 3 aliphatic carbocycles. The van der Waals surface area contributed by atoms with E-state index in [1.165, 1.54) is 0 Å². The molecule has 2 saturated carbocycles. The fraction of sp³-hybridized carbons (Fsp3) is 0.750. The summed E-state index contributed by atoms with van der Waals surface area (Å²) in [6.45, 7) is 8.17. The molecule has 1 aliphatic heterocycles. The molecule has 1 saturated heterocycles. The standard InChI is InChI=1S/C20H26O4/c1-9(2)11-8-14(22)20(4)12-6-5-10(3)7-13(21)15(12)16-17(20)18(11)24-19(16)23/h5-6,9-12,15-18H,7-8H2,1-4H3/t10?,11-,12-,15+,16-,17+,18+,20-/m0/s1. The minimum absolute atomic E-state index is 0.0740. The van der Waals surface area contributed by atoms with Crippen LogP contribution in [0.3, 0.4) is 0 Å². The Labute approximate surface area is 143 Å². The largest absolute Gasteiger partial charge is 0.461 e. The number of esters is 1. The number of ether oxygens (including phenoxy) is 1. The monoisotopic (exact) mass is 330 g/mol. The van der Waals surface area contributed by atoms with Gasteiger partial charge in [-0.15, -0.1) is 0 Å². The molecule has 0 aromatic rings. The summed E-state index contributed by atoms with van der Waals surface area (Å²) in [6.07, 6.45) is 4.83. The van der Waals surface area contributed by atoms with Crippen molar-refractivity contribution in [2.45, 2.75) is 46.6 Å². The van der Waals surface area contributed by atoms with Gasteiger partial charge in [0.25, 0.3) is 0 Å². The van der Waals surface area contributed by atoms with Crippen molar-refractivity contribution in [3.05, 3.63) is 12.2 Å². The zero-order chi connectivity index (χ0) is 17.4. The molecular weight excluding hydrogens is 304 g/mol. The molecule has 4 heteroatoms. The van der Waals surface area contributed by atoms with Gasteiger partial charge < -0.3 is 4.74 Å². The normalized spacial score (nSPS) is 49.9. The van der Waals surface area contributed by atoms with Crippen LogP contribution in [-0.2, 0) is 19.1 Å². The van der Waals surface area contributed by atoms with Crippen molar-refractivity contribution in [3.8, 4) is 0 Å². The Morgan fingerprint density at radius 3 is 2.50 bits per heavy atom. The number of hydrogen-bond acceptors (Lipinski definition) is 4. The van der Waals surface area contributed by atoms with Crippen molar-refractivity contribution in [1.82, 2.24) is 0 Å². The van der Waals surface area contributed by atoms with Crippen LogP contribution in [0.15, 0.2) is 12.2 Å². The lowest BCUT2D eigenvalue weighted by Crippen LogP contribution is -2.51. The molecule has 0 radical (unpaired) electrons. The van der Waals surface area contributed by atoms with E-state index < -0.39 is 11.3 Å². The highest BCUT2D eigenvalue weighted by Gasteiger charge is 2.72. The van der Waals surface area contributed by atoms with Gasteiger partial charge in [0.05, 0.1) is 5.92 Å². The maximum absolute atomic E-state index is 13.2. The van der Waals surface area contributed by atoms with Gasteiger partial charge in [-0.25, -0.2) is 0 Å². The Morgan fingerprint density at radius 1 is 1.12 bits per heavy atom. The fourth-order valence-corrected chi connectivity index (χ4v) is 5.98. The number of allylic oxidation sites excluding steroid dienone is 2. The van der Waals surface area contributed by atoms with E-state index in [9.17, 15) is 14.4 Å². The molecule has 8 atom stereocenters. The lowest BCUT2D eigenvalue weighted by Gasteiger charge is -2.45. The van der Waals surface area contributed by atoms with Crippen LogP contribution in [0.2, 0.25) is 0 Å². The highest BCUT2D eigenvalue weighted by atomic mass is 16.6. The summed E-state index contributed by atoms with van der Waals surface area (Å²) in [5.41, 5.74) is -0.645. The number of carbonyl (C=O) groups is 3. The summed E-state index contributed by atoms with van der Waals surface area (Å²) < 4.78 is 5.78. The quantitative estimate of drug-likeness (QED) is 0.548. The van der Waals surface area contributed by atoms with Crippen LogP contribution in [0, 0.1) is 46.8 Å². The Balaban J connectivity index is 1.86. The Hall–Kier alpha value is -1.45. The second-order valence-electron chi connectivity index (χ2n) is 8.86. The zero-order valence-corrected chi connectivity index (χ0v) is 14.8. The third-order valence-electron chi connectivity index (χ3n) is 7.27. The van der Waals surface area contributed by atoms with Crippen LogP contribution >= 0.6 is 0 Å². The highest BCUT2D eigenvalue weighted by molar-refractivity contribution is 5.96. The molecule has 1 heterocycles. The molecule has 0 bridgehead atoms. The van der Waals surface area contributed by atoms with Gasteiger partial charge in [0.15, 0.2) is 0 Å². The number of Topliss-reactive ketones (excluding diaryl/α,β-unsaturated/α-hetero) is 2. The molecule has 4 nitrogen and oxygen atoms in total. The Bertz CT molecular complexity index is 648. The van der Waals surface area contributed by atoms with Crippen LogP contribution in [0.25, 0.3) is 0 Å². The number of rotatable bonds is 1. The molecule has 0 aromatic carbocycles. The van der Waals surface area contributed by atoms with E-state index in [-0.39, 0.29) is 59.1 Å². The number of ketones is 2. The predicted molar refractivity (Wildman–Crippen MR) is 87.8 cm³/mol. The predicted octanol–water partition coefficient (Wildman–Crippen LogP) is 2.81. The average molecular weight is 330 g/mol. The van der Waals surface area contributed by atoms with E-state index >= 15 is 0 Å². The third kappa shape index (κ3) is 1.83. The van der Waals surface area contributed by atoms with Gasteiger partial charge >= 0.3 is 5.97 Å². The SMILES string of the molecule is CC1C=C[C@H]2[C@H](C(=O)C1)[C@@H]1C(=O)O[C@H]3[C@@H]1[C@]2(C)C(=O)C[C@H]3C(C)C. The second kappa shape index (κ2) is 5.03. The maximum atomic E-state index is 13.2. The highest BCUT2D eigenvalue weighted by Crippen LogP contribution is 2.65. The first-order chi connectivity index (χ1) is 11.3. The van der Waals surface area contributed by atoms with Crippen LogP contribution in [0.5, 0.6) is 0 Å². The third-order valence-corrected chi connectivity index (χ3v) is 7.27. The summed E-state index contributed by atoms with van der Waals surface area (Å²) in [5.74, 6) is -0.490. The van der Waals surface area contributed by atoms with E-state index in [2.05, 4.69) is 26.0 Å². The van der Waals surface area contributed by atoms with Gasteiger partial charge in [0.2, 0.25) is 0 Å². The summed E-state index contributed by atoms with van der Waals surface area (Å²) >= 11 is 0. The smallest absolute Gasteiger partial charge is 0.310 e. The lowest BCUT2D eigenvalue weighted by molar-refractivity contribution is -0.158. The van der Waals surface area contributed by atoms with E-state index in [0.717, 1.165) is 0 Å². The van der Waals surface area contributed by atoms with Crippen LogP contribution in [0.4, 0.5) is 0 Å². The molecule has 0 spiro atoms. The molecule has 0 N–H and O–H groups in total. The first-order valence-corrected chi connectivity index (χ1v) is 9.21. The van der Waals surface area contributed by atoms with Crippen molar-refractivity contribution in [1.29, 1.82) is 0 Å². The van der Waals surface area contributed by atoms with Crippen molar-refractivity contribution in [2.75, 3.05) is 0 Å². The van der Waals surface area contributed by atoms with Gasteiger partial charge in [-0.3, -0.25) is 14.4 Å². The van der Waals surface area contributed by atoms with Gasteiger partial charge in [0, 0.05) is 41.9 Å². The van der Waals surface area contributed by atoms with E-state index in [0.29, 0.717) is 12.8 Å². The average Bonchev–Trinajstić information content (AvgIpc) is 2.92. The molecule has 4 rings (SSSR count). The minimum atomic E-state index is -0.645. The molecule has 0 amide bonds. The van der Waals surface area contributed by atoms with Crippen LogP contribution in [0.1, 0.15) is 40.5 Å². The van der Waals surface area contributed by atoms with Crippen LogP contribution < -0.4 is 0 Å². The first-order valence-electron chi connectivity index (χ1n) is 9.21. The van der Waals surface area contributed by atoms with E-state index in [4.69, 9.17) is 4.74 Å². The molecule has 4 aliphatic rings. The van der Waals surface area contributed by atoms with Crippen LogP contribution in [-0.4, -0.2) is 23.6 Å². The summed E-state index contributed by atoms with van der Waals surface area (Å²) in [7, 11) is 0. The van der Waals surface area contributed by atoms with Crippen molar-refractivity contribution < 1.29 is 19.1 Å². The Morgan fingerprint density at radius 2 is 1.83 bits per heavy atom. The van der Waals surface area contributed by atoms with E-state index in [1.807, 2.05) is 13.8 Å². The van der Waals surface area contributed by atoms with Crippen molar-refractivity contribution in [2.24, 2.45) is 46.8 Å². The first kappa shape index (κ1) is 16.0. The molecular formula is C20H26O4. The number of hydrogen-bond donors (Lipinski definition) is 0. The van der Waals surface area contributed by atoms with Gasteiger partial charge in [-0.2, -0.15) is 0 Å². The fourth-order valence-electron chi connectivity index (χ4n) is 5.98. The Kier molecular flexibility index (Phi) is 3.36. The summed E-state index contributed by atoms with van der Waals surface area (Å²) in [4.78, 5) is 38.8. The second-order valence-corrected chi connectivity index (χ2v) is 8.86. The molecule has 130 valence electrons. The van der Waals surface area contributed by atoms with Gasteiger partial charge in [-0.05, 0) is 11.8 Å². The number of fused-ring (bicyclic) bond motifs is 3. The molecule has 3 fully saturated rings. The van der Waals surface area contributed by atoms with Crippen molar-refractivity contribution >= 4 is 17.5 Å².